The van der Waals surface area contributed by atoms with Gasteiger partial charge in [-0.15, -0.1) is 0 Å². The number of nitrogens with two attached hydrogens (primary N) is 1. The monoisotopic (exact) mass is 315 g/mol. The maximum Gasteiger partial charge on any atom is 0.512 e. The molecule has 2 rings (SSSR count). The number of H-pyrrole nitrogens is 1. The third-order valence-electron chi connectivity index (χ3n) is 2.43. The Morgan fingerprint density at radius 2 is 2.00 bits per heavy atom. The molecule has 5 N–H and O–H groups in total. The molecule has 2 aromatic rings. The molecule has 0 unspecified atom stereocenters. The minimum absolute atomic E-state index is 0.0158. The van der Waals surface area contributed by atoms with E-state index in [9.17, 15) is 18.0 Å². The fraction of sp³-hybridized carbons (Fsp3) is 0. The topological polar surface area (TPSA) is 165 Å². The van der Waals surface area contributed by atoms with Gasteiger partial charge in [0.25, 0.3) is 15.7 Å². The van der Waals surface area contributed by atoms with Crippen LogP contribution in [0.4, 0.5) is 10.5 Å². The molecule has 0 saturated heterocycles. The Kier molecular flexibility index (Phi) is 3.45. The largest absolute Gasteiger partial charge is 0.512 e. The van der Waals surface area contributed by atoms with Crippen molar-refractivity contribution in [3.63, 3.8) is 0 Å². The van der Waals surface area contributed by atoms with Crippen molar-refractivity contribution in [3.05, 3.63) is 34.6 Å². The van der Waals surface area contributed by atoms with Gasteiger partial charge >= 0.3 is 6.16 Å². The Labute approximate surface area is 117 Å². The second-order valence-corrected chi connectivity index (χ2v) is 5.25. The van der Waals surface area contributed by atoms with Gasteiger partial charge in [-0.05, 0) is 18.2 Å². The lowest BCUT2D eigenvalue weighted by atomic mass is 10.3. The maximum atomic E-state index is 11.7. The van der Waals surface area contributed by atoms with Gasteiger partial charge in [0, 0.05) is 0 Å². The molecule has 21 heavy (non-hydrogen) atoms. The molecule has 0 spiro atoms. The van der Waals surface area contributed by atoms with Gasteiger partial charge in [-0.25, -0.2) is 9.48 Å². The zero-order valence-corrected chi connectivity index (χ0v) is 11.0. The van der Waals surface area contributed by atoms with Crippen molar-refractivity contribution in [2.45, 2.75) is 4.90 Å². The lowest BCUT2D eigenvalue weighted by Crippen LogP contribution is -2.14. The predicted molar refractivity (Wildman–Crippen MR) is 69.3 cm³/mol. The van der Waals surface area contributed by atoms with Gasteiger partial charge in [-0.3, -0.25) is 14.4 Å². The molecule has 0 atom stereocenters. The number of rotatable bonds is 3. The molecule has 0 aliphatic heterocycles. The fourth-order valence-electron chi connectivity index (χ4n) is 1.60. The number of hydrogen-bond donors (Lipinski definition) is 4. The highest BCUT2D eigenvalue weighted by molar-refractivity contribution is 7.86. The predicted octanol–water partition coefficient (Wildman–Crippen LogP) is 0.0513. The summed E-state index contributed by atoms with van der Waals surface area (Å²) in [6.45, 7) is 0. The third-order valence-corrected chi connectivity index (χ3v) is 3.34. The van der Waals surface area contributed by atoms with E-state index in [1.807, 2.05) is 0 Å². The highest BCUT2D eigenvalue weighted by atomic mass is 32.2. The molecule has 0 radical (unpaired) electrons. The van der Waals surface area contributed by atoms with Crippen molar-refractivity contribution >= 4 is 22.0 Å². The van der Waals surface area contributed by atoms with E-state index >= 15 is 0 Å². The zero-order valence-electron chi connectivity index (χ0n) is 10.2. The highest BCUT2D eigenvalue weighted by Gasteiger charge is 2.16. The lowest BCUT2D eigenvalue weighted by Gasteiger charge is -2.06. The maximum absolute atomic E-state index is 11.7. The highest BCUT2D eigenvalue weighted by Crippen LogP contribution is 2.21. The second kappa shape index (κ2) is 4.96. The summed E-state index contributed by atoms with van der Waals surface area (Å²) in [6.07, 6.45) is -1.63. The van der Waals surface area contributed by atoms with Gasteiger partial charge in [0.2, 0.25) is 5.88 Å². The van der Waals surface area contributed by atoms with Gasteiger partial charge in [0.1, 0.15) is 4.90 Å². The third kappa shape index (κ3) is 3.04. The Balaban J connectivity index is 2.55. The van der Waals surface area contributed by atoms with E-state index in [1.165, 1.54) is 12.1 Å². The standard InChI is InChI=1S/C10H9N3O7S/c11-6-2-1-5(3-7(6)21(17,18)19)13-9(14)4-8(12-13)20-10(15)16/h1-4,12H,11H2,(H,15,16)(H,17,18,19). The Morgan fingerprint density at radius 3 is 2.57 bits per heavy atom. The average Bonchev–Trinajstić information content (AvgIpc) is 2.68. The van der Waals surface area contributed by atoms with Crippen molar-refractivity contribution < 1.29 is 27.6 Å². The number of aromatic amines is 1. The van der Waals surface area contributed by atoms with Crippen LogP contribution in [-0.2, 0) is 10.1 Å². The average molecular weight is 315 g/mol. The number of carbonyl (C=O) groups is 1. The van der Waals surface area contributed by atoms with Crippen molar-refractivity contribution in [1.29, 1.82) is 0 Å². The Hall–Kier alpha value is -2.79. The smallest absolute Gasteiger partial charge is 0.449 e. The van der Waals surface area contributed by atoms with E-state index in [4.69, 9.17) is 15.4 Å². The lowest BCUT2D eigenvalue weighted by molar-refractivity contribution is 0.142. The van der Waals surface area contributed by atoms with Crippen molar-refractivity contribution in [1.82, 2.24) is 9.78 Å². The number of nitrogens with zero attached hydrogens (tertiary/aromatic N) is 1. The molecule has 1 heterocycles. The van der Waals surface area contributed by atoms with Gasteiger partial charge in [-0.2, -0.15) is 8.42 Å². The quantitative estimate of drug-likeness (QED) is 0.350. The summed E-state index contributed by atoms with van der Waals surface area (Å²) in [5, 5.41) is 10.8. The van der Waals surface area contributed by atoms with Crippen molar-refractivity contribution in [3.8, 4) is 11.6 Å². The van der Waals surface area contributed by atoms with Crippen LogP contribution in [0.2, 0.25) is 0 Å². The SMILES string of the molecule is Nc1ccc(-n2[nH]c(OC(=O)O)cc2=O)cc1S(=O)(=O)O. The summed E-state index contributed by atoms with van der Waals surface area (Å²) in [5.74, 6) is -0.349. The number of carboxylic acid groups (broad SMARTS) is 1. The summed E-state index contributed by atoms with van der Waals surface area (Å²) < 4.78 is 36.4. The van der Waals surface area contributed by atoms with E-state index in [-0.39, 0.29) is 17.3 Å². The number of nitrogens with one attached hydrogen (secondary N) is 1. The van der Waals surface area contributed by atoms with Gasteiger partial charge in [-0.1, -0.05) is 0 Å². The molecular formula is C10H9N3O7S. The number of hydrogen-bond acceptors (Lipinski definition) is 6. The van der Waals surface area contributed by atoms with Crippen LogP contribution in [0.1, 0.15) is 0 Å². The van der Waals surface area contributed by atoms with E-state index < -0.39 is 26.7 Å². The number of aromatic nitrogens is 2. The first-order chi connectivity index (χ1) is 9.68. The fourth-order valence-corrected chi connectivity index (χ4v) is 2.23. The molecule has 0 amide bonds. The first-order valence-electron chi connectivity index (χ1n) is 5.29. The molecule has 0 saturated carbocycles. The molecule has 1 aromatic heterocycles. The van der Waals surface area contributed by atoms with E-state index in [0.717, 1.165) is 16.8 Å². The number of anilines is 1. The van der Waals surface area contributed by atoms with Crippen LogP contribution in [0, 0.1) is 0 Å². The zero-order chi connectivity index (χ0) is 15.8. The van der Waals surface area contributed by atoms with E-state index in [2.05, 4.69) is 9.84 Å². The van der Waals surface area contributed by atoms with Crippen molar-refractivity contribution in [2.75, 3.05) is 5.73 Å². The molecule has 1 aromatic carbocycles. The van der Waals surface area contributed by atoms with Crippen LogP contribution in [0.25, 0.3) is 5.69 Å². The number of ether oxygens (including phenoxy) is 1. The summed E-state index contributed by atoms with van der Waals surface area (Å²) in [4.78, 5) is 21.5. The Bertz CT molecular complexity index is 865. The van der Waals surface area contributed by atoms with Crippen molar-refractivity contribution in [2.24, 2.45) is 0 Å². The summed E-state index contributed by atoms with van der Waals surface area (Å²) in [7, 11) is -4.57. The molecule has 0 aliphatic carbocycles. The van der Waals surface area contributed by atoms with Crippen LogP contribution in [0.15, 0.2) is 34.0 Å². The van der Waals surface area contributed by atoms with Gasteiger partial charge in [0.15, 0.2) is 0 Å². The van der Waals surface area contributed by atoms with Crippen LogP contribution >= 0.6 is 0 Å². The van der Waals surface area contributed by atoms with Crippen LogP contribution in [0.3, 0.4) is 0 Å². The minimum Gasteiger partial charge on any atom is -0.449 e. The molecule has 10 nitrogen and oxygen atoms in total. The Morgan fingerprint density at radius 1 is 1.33 bits per heavy atom. The second-order valence-electron chi connectivity index (χ2n) is 3.86. The van der Waals surface area contributed by atoms with Crippen LogP contribution < -0.4 is 16.0 Å². The minimum atomic E-state index is -4.57. The number of nitrogen functional groups attached to an aromatic ring is 1. The first kappa shape index (κ1) is 14.6. The molecule has 112 valence electrons. The molecular weight excluding hydrogens is 306 g/mol. The number of benzene rings is 1. The summed E-state index contributed by atoms with van der Waals surface area (Å²) in [6, 6.07) is 4.28. The van der Waals surface area contributed by atoms with Crippen LogP contribution in [0.5, 0.6) is 5.88 Å². The van der Waals surface area contributed by atoms with Gasteiger partial charge < -0.3 is 15.6 Å². The summed E-state index contributed by atoms with van der Waals surface area (Å²) in [5.41, 5.74) is 4.54. The van der Waals surface area contributed by atoms with Crippen LogP contribution in [-0.4, -0.2) is 34.0 Å². The first-order valence-corrected chi connectivity index (χ1v) is 6.73. The van der Waals surface area contributed by atoms with Gasteiger partial charge in [0.05, 0.1) is 17.4 Å². The molecule has 0 aliphatic rings. The normalized spacial score (nSPS) is 11.3. The summed E-state index contributed by atoms with van der Waals surface area (Å²) >= 11 is 0. The van der Waals surface area contributed by atoms with E-state index in [0.29, 0.717) is 0 Å². The molecule has 0 bridgehead atoms. The molecule has 0 fully saturated rings. The van der Waals surface area contributed by atoms with E-state index in [1.54, 1.807) is 0 Å². The molecule has 11 heteroatoms.